The van der Waals surface area contributed by atoms with E-state index in [4.69, 9.17) is 9.84 Å². The Bertz CT molecular complexity index is 1130. The number of aliphatic hydroxyl groups excluding tert-OH is 1. The highest BCUT2D eigenvalue weighted by molar-refractivity contribution is 6.03. The van der Waals surface area contributed by atoms with Gasteiger partial charge in [-0.15, -0.1) is 0 Å². The SMILES string of the molecule is C[C@@H](C1CC1)N(Cc1ccccc1)C(=O)CN1CC2(CC(=O)c3cc(NCCO)ccc32)OC1=O. The highest BCUT2D eigenvalue weighted by atomic mass is 16.6. The van der Waals surface area contributed by atoms with Gasteiger partial charge in [0.2, 0.25) is 5.91 Å². The van der Waals surface area contributed by atoms with Crippen LogP contribution < -0.4 is 5.32 Å². The van der Waals surface area contributed by atoms with Crippen LogP contribution >= 0.6 is 0 Å². The molecule has 1 unspecified atom stereocenters. The molecule has 2 amide bonds. The number of amides is 2. The molecule has 0 bridgehead atoms. The summed E-state index contributed by atoms with van der Waals surface area (Å²) in [6.45, 7) is 3.02. The molecule has 35 heavy (non-hydrogen) atoms. The Kier molecular flexibility index (Phi) is 6.23. The fraction of sp³-hybridized carbons (Fsp3) is 0.444. The minimum atomic E-state index is -1.06. The molecule has 0 radical (unpaired) electrons. The fourth-order valence-electron chi connectivity index (χ4n) is 5.25. The third-order valence-corrected chi connectivity index (χ3v) is 7.32. The highest BCUT2D eigenvalue weighted by Crippen LogP contribution is 2.45. The molecular formula is C27H31N3O5. The summed E-state index contributed by atoms with van der Waals surface area (Å²) in [5.41, 5.74) is 1.90. The zero-order valence-electron chi connectivity index (χ0n) is 19.9. The molecule has 0 aromatic heterocycles. The monoisotopic (exact) mass is 477 g/mol. The molecule has 2 aromatic carbocycles. The van der Waals surface area contributed by atoms with E-state index in [-0.39, 0.29) is 43.8 Å². The van der Waals surface area contributed by atoms with E-state index in [2.05, 4.69) is 12.2 Å². The average molecular weight is 478 g/mol. The Morgan fingerprint density at radius 3 is 2.71 bits per heavy atom. The van der Waals surface area contributed by atoms with Gasteiger partial charge in [0.25, 0.3) is 0 Å². The Labute approximate surface area is 204 Å². The van der Waals surface area contributed by atoms with Crippen LogP contribution in [0, 0.1) is 5.92 Å². The molecule has 5 rings (SSSR count). The van der Waals surface area contributed by atoms with Gasteiger partial charge >= 0.3 is 6.09 Å². The van der Waals surface area contributed by atoms with Gasteiger partial charge in [-0.05, 0) is 43.4 Å². The van der Waals surface area contributed by atoms with E-state index in [0.29, 0.717) is 30.1 Å². The summed E-state index contributed by atoms with van der Waals surface area (Å²) in [4.78, 5) is 42.4. The molecular weight excluding hydrogens is 446 g/mol. The highest BCUT2D eigenvalue weighted by Gasteiger charge is 2.54. The van der Waals surface area contributed by atoms with Gasteiger partial charge in [-0.2, -0.15) is 0 Å². The first kappa shape index (κ1) is 23.4. The molecule has 3 aliphatic rings. The average Bonchev–Trinajstić information content (AvgIpc) is 3.61. The number of carbonyl (C=O) groups is 3. The van der Waals surface area contributed by atoms with E-state index in [1.807, 2.05) is 41.3 Å². The van der Waals surface area contributed by atoms with Crippen LogP contribution in [0.25, 0.3) is 0 Å². The Morgan fingerprint density at radius 2 is 2.00 bits per heavy atom. The molecule has 1 saturated heterocycles. The molecule has 2 aliphatic carbocycles. The summed E-state index contributed by atoms with van der Waals surface area (Å²) < 4.78 is 5.79. The Balaban J connectivity index is 1.32. The van der Waals surface area contributed by atoms with E-state index >= 15 is 0 Å². The molecule has 1 saturated carbocycles. The smallest absolute Gasteiger partial charge is 0.411 e. The molecule has 1 heterocycles. The van der Waals surface area contributed by atoms with Crippen LogP contribution in [0.4, 0.5) is 10.5 Å². The Hall–Kier alpha value is -3.39. The number of Topliss-reactive ketones (excluding diaryl/α,β-unsaturated/α-hetero) is 1. The third-order valence-electron chi connectivity index (χ3n) is 7.32. The van der Waals surface area contributed by atoms with Crippen LogP contribution in [-0.4, -0.2) is 65.0 Å². The summed E-state index contributed by atoms with van der Waals surface area (Å²) >= 11 is 0. The van der Waals surface area contributed by atoms with E-state index in [0.717, 1.165) is 24.1 Å². The lowest BCUT2D eigenvalue weighted by atomic mass is 9.95. The van der Waals surface area contributed by atoms with Crippen LogP contribution in [0.15, 0.2) is 48.5 Å². The third kappa shape index (κ3) is 4.62. The van der Waals surface area contributed by atoms with Crippen molar-refractivity contribution >= 4 is 23.5 Å². The number of ketones is 1. The molecule has 1 aliphatic heterocycles. The minimum absolute atomic E-state index is 0.0176. The van der Waals surface area contributed by atoms with Crippen LogP contribution in [0.1, 0.15) is 47.7 Å². The van der Waals surface area contributed by atoms with Gasteiger partial charge in [0.15, 0.2) is 11.4 Å². The maximum Gasteiger partial charge on any atom is 0.411 e. The van der Waals surface area contributed by atoms with E-state index < -0.39 is 11.7 Å². The minimum Gasteiger partial charge on any atom is -0.435 e. The summed E-state index contributed by atoms with van der Waals surface area (Å²) in [5, 5.41) is 12.1. The second kappa shape index (κ2) is 9.34. The molecule has 8 nitrogen and oxygen atoms in total. The molecule has 2 fully saturated rings. The number of rotatable bonds is 9. The van der Waals surface area contributed by atoms with Crippen molar-refractivity contribution in [3.8, 4) is 0 Å². The quantitative estimate of drug-likeness (QED) is 0.576. The van der Waals surface area contributed by atoms with Gasteiger partial charge < -0.3 is 20.1 Å². The van der Waals surface area contributed by atoms with Crippen LogP contribution in [-0.2, 0) is 21.7 Å². The largest absolute Gasteiger partial charge is 0.435 e. The predicted octanol–water partition coefficient (Wildman–Crippen LogP) is 3.15. The molecule has 2 aromatic rings. The number of carbonyl (C=O) groups excluding carboxylic acids is 3. The number of anilines is 1. The second-order valence-electron chi connectivity index (χ2n) is 9.81. The number of fused-ring (bicyclic) bond motifs is 2. The number of nitrogens with one attached hydrogen (secondary N) is 1. The number of nitrogens with zero attached hydrogens (tertiary/aromatic N) is 2. The predicted molar refractivity (Wildman–Crippen MR) is 130 cm³/mol. The summed E-state index contributed by atoms with van der Waals surface area (Å²) in [6, 6.07) is 15.3. The van der Waals surface area contributed by atoms with Crippen molar-refractivity contribution in [3.63, 3.8) is 0 Å². The molecule has 1 spiro atoms. The Morgan fingerprint density at radius 1 is 1.23 bits per heavy atom. The normalized spacial score (nSPS) is 21.7. The van der Waals surface area contributed by atoms with Gasteiger partial charge in [0, 0.05) is 35.9 Å². The van der Waals surface area contributed by atoms with Gasteiger partial charge in [0.05, 0.1) is 19.6 Å². The summed E-state index contributed by atoms with van der Waals surface area (Å²) in [7, 11) is 0. The summed E-state index contributed by atoms with van der Waals surface area (Å²) in [5.74, 6) is 0.282. The van der Waals surface area contributed by atoms with Gasteiger partial charge in [-0.1, -0.05) is 36.4 Å². The lowest BCUT2D eigenvalue weighted by Crippen LogP contribution is -2.45. The van der Waals surface area contributed by atoms with Gasteiger partial charge in [-0.3, -0.25) is 14.5 Å². The molecule has 8 heteroatoms. The van der Waals surface area contributed by atoms with E-state index in [1.165, 1.54) is 4.90 Å². The molecule has 2 N–H and O–H groups in total. The maximum atomic E-state index is 13.5. The lowest BCUT2D eigenvalue weighted by molar-refractivity contribution is -0.134. The van der Waals surface area contributed by atoms with E-state index in [9.17, 15) is 14.4 Å². The molecule has 2 atom stereocenters. The van der Waals surface area contributed by atoms with Crippen molar-refractivity contribution < 1.29 is 24.2 Å². The zero-order chi connectivity index (χ0) is 24.6. The van der Waals surface area contributed by atoms with Crippen LogP contribution in [0.3, 0.4) is 0 Å². The van der Waals surface area contributed by atoms with Gasteiger partial charge in [0.1, 0.15) is 6.54 Å². The number of hydrogen-bond donors (Lipinski definition) is 2. The second-order valence-corrected chi connectivity index (χ2v) is 9.81. The van der Waals surface area contributed by atoms with Crippen molar-refractivity contribution in [2.24, 2.45) is 5.92 Å². The maximum absolute atomic E-state index is 13.5. The van der Waals surface area contributed by atoms with Crippen LogP contribution in [0.2, 0.25) is 0 Å². The fourth-order valence-corrected chi connectivity index (χ4v) is 5.25. The summed E-state index contributed by atoms with van der Waals surface area (Å²) in [6.07, 6.45) is 1.72. The number of benzene rings is 2. The lowest BCUT2D eigenvalue weighted by Gasteiger charge is -2.31. The van der Waals surface area contributed by atoms with Crippen molar-refractivity contribution in [2.75, 3.05) is 31.6 Å². The van der Waals surface area contributed by atoms with Crippen molar-refractivity contribution in [1.29, 1.82) is 0 Å². The van der Waals surface area contributed by atoms with Crippen molar-refractivity contribution in [2.45, 2.75) is 44.4 Å². The van der Waals surface area contributed by atoms with Gasteiger partial charge in [-0.25, -0.2) is 4.79 Å². The molecule has 184 valence electrons. The number of hydrogen-bond acceptors (Lipinski definition) is 6. The van der Waals surface area contributed by atoms with Crippen molar-refractivity contribution in [1.82, 2.24) is 9.80 Å². The van der Waals surface area contributed by atoms with Crippen LogP contribution in [0.5, 0.6) is 0 Å². The zero-order valence-corrected chi connectivity index (χ0v) is 19.9. The topological polar surface area (TPSA) is 99.2 Å². The number of aliphatic hydroxyl groups is 1. The number of ether oxygens (including phenoxy) is 1. The van der Waals surface area contributed by atoms with E-state index in [1.54, 1.807) is 12.1 Å². The van der Waals surface area contributed by atoms with Crippen molar-refractivity contribution in [3.05, 3.63) is 65.2 Å². The standard InChI is InChI=1S/C27H31N3O5/c1-18(20-7-8-20)30(15-19-5-3-2-4-6-19)25(33)16-29-17-27(35-26(29)34)14-24(32)22-13-21(28-11-12-31)9-10-23(22)27/h2-6,9-10,13,18,20,28,31H,7-8,11-12,14-17H2,1H3/t18-,27?/m0/s1. The first-order valence-electron chi connectivity index (χ1n) is 12.2. The first-order valence-corrected chi connectivity index (χ1v) is 12.2. The first-order chi connectivity index (χ1) is 16.9.